The molecular weight excluding hydrogens is 266 g/mol. The minimum absolute atomic E-state index is 0.0264. The Balaban J connectivity index is 2.96. The van der Waals surface area contributed by atoms with Crippen LogP contribution in [-0.4, -0.2) is 25.2 Å². The molecule has 0 spiro atoms. The highest BCUT2D eigenvalue weighted by molar-refractivity contribution is 7.92. The van der Waals surface area contributed by atoms with Crippen LogP contribution in [0, 0.1) is 5.41 Å². The summed E-state index contributed by atoms with van der Waals surface area (Å²) >= 11 is 0. The summed E-state index contributed by atoms with van der Waals surface area (Å²) in [5.41, 5.74) is 0.412. The summed E-state index contributed by atoms with van der Waals surface area (Å²) < 4.78 is 26.4. The predicted octanol–water partition coefficient (Wildman–Crippen LogP) is 2.10. The average molecular weight is 285 g/mol. The van der Waals surface area contributed by atoms with Crippen LogP contribution in [0.5, 0.6) is 0 Å². The van der Waals surface area contributed by atoms with Crippen LogP contribution in [0.2, 0.25) is 0 Å². The van der Waals surface area contributed by atoms with Crippen molar-refractivity contribution in [2.24, 2.45) is 5.41 Å². The summed E-state index contributed by atoms with van der Waals surface area (Å²) in [6.45, 7) is 5.49. The van der Waals surface area contributed by atoms with E-state index in [0.29, 0.717) is 11.3 Å². The van der Waals surface area contributed by atoms with E-state index in [9.17, 15) is 13.2 Å². The number of anilines is 1. The lowest BCUT2D eigenvalue weighted by Crippen LogP contribution is -2.26. The van der Waals surface area contributed by atoms with E-state index in [1.165, 1.54) is 0 Å². The molecule has 0 amide bonds. The minimum Gasteiger partial charge on any atom is -0.481 e. The number of para-hydroxylation sites is 1. The first-order valence-electron chi connectivity index (χ1n) is 5.89. The number of nitrogens with one attached hydrogen (secondary N) is 1. The highest BCUT2D eigenvalue weighted by Gasteiger charge is 2.22. The normalized spacial score (nSPS) is 12.2. The molecule has 106 valence electrons. The van der Waals surface area contributed by atoms with Crippen molar-refractivity contribution in [2.75, 3.05) is 10.5 Å². The van der Waals surface area contributed by atoms with Gasteiger partial charge in [-0.05, 0) is 17.0 Å². The van der Waals surface area contributed by atoms with Crippen molar-refractivity contribution >= 4 is 21.7 Å². The Labute approximate surface area is 113 Å². The van der Waals surface area contributed by atoms with Crippen molar-refractivity contribution in [3.05, 3.63) is 29.8 Å². The molecule has 0 bridgehead atoms. The van der Waals surface area contributed by atoms with Crippen molar-refractivity contribution in [3.8, 4) is 0 Å². The second-order valence-corrected chi connectivity index (χ2v) is 7.37. The van der Waals surface area contributed by atoms with E-state index in [2.05, 4.69) is 4.72 Å². The van der Waals surface area contributed by atoms with E-state index in [1.54, 1.807) is 24.3 Å². The molecule has 0 aliphatic heterocycles. The van der Waals surface area contributed by atoms with E-state index in [-0.39, 0.29) is 17.6 Å². The van der Waals surface area contributed by atoms with Crippen molar-refractivity contribution in [1.29, 1.82) is 0 Å². The first kappa shape index (κ1) is 15.5. The van der Waals surface area contributed by atoms with Gasteiger partial charge in [0, 0.05) is 0 Å². The fourth-order valence-electron chi connectivity index (χ4n) is 1.71. The lowest BCUT2D eigenvalue weighted by molar-refractivity contribution is -0.136. The van der Waals surface area contributed by atoms with E-state index < -0.39 is 16.0 Å². The van der Waals surface area contributed by atoms with Gasteiger partial charge in [-0.15, -0.1) is 0 Å². The van der Waals surface area contributed by atoms with Crippen molar-refractivity contribution in [3.63, 3.8) is 0 Å². The fraction of sp³-hybridized carbons (Fsp3) is 0.462. The number of aliphatic carboxylic acids is 1. The van der Waals surface area contributed by atoms with Gasteiger partial charge in [-0.2, -0.15) is 0 Å². The summed E-state index contributed by atoms with van der Waals surface area (Å²) in [6, 6.07) is 6.52. The second kappa shape index (κ2) is 5.61. The second-order valence-electron chi connectivity index (χ2n) is 5.65. The van der Waals surface area contributed by atoms with Crippen LogP contribution in [0.25, 0.3) is 0 Å². The van der Waals surface area contributed by atoms with Gasteiger partial charge < -0.3 is 5.11 Å². The highest BCUT2D eigenvalue weighted by Crippen LogP contribution is 2.21. The largest absolute Gasteiger partial charge is 0.481 e. The van der Waals surface area contributed by atoms with Gasteiger partial charge in [-0.25, -0.2) is 8.42 Å². The van der Waals surface area contributed by atoms with Crippen molar-refractivity contribution in [2.45, 2.75) is 27.2 Å². The molecule has 0 heterocycles. The van der Waals surface area contributed by atoms with E-state index in [0.717, 1.165) is 0 Å². The molecule has 1 rings (SSSR count). The topological polar surface area (TPSA) is 83.5 Å². The third-order valence-electron chi connectivity index (χ3n) is 2.25. The van der Waals surface area contributed by atoms with Gasteiger partial charge in [0.05, 0.1) is 17.9 Å². The average Bonchev–Trinajstić information content (AvgIpc) is 2.15. The number of hydrogen-bond acceptors (Lipinski definition) is 3. The van der Waals surface area contributed by atoms with Crippen molar-refractivity contribution in [1.82, 2.24) is 0 Å². The molecule has 0 radical (unpaired) electrons. The molecule has 1 aromatic rings. The molecule has 0 saturated heterocycles. The number of hydrogen-bond donors (Lipinski definition) is 2. The molecule has 0 aromatic heterocycles. The Kier molecular flexibility index (Phi) is 4.57. The van der Waals surface area contributed by atoms with E-state index >= 15 is 0 Å². The minimum atomic E-state index is -3.49. The molecule has 19 heavy (non-hydrogen) atoms. The molecule has 0 aliphatic rings. The third-order valence-corrected chi connectivity index (χ3v) is 4.02. The van der Waals surface area contributed by atoms with Gasteiger partial charge in [-0.1, -0.05) is 39.0 Å². The first-order valence-corrected chi connectivity index (χ1v) is 7.54. The smallest absolute Gasteiger partial charge is 0.307 e. The summed E-state index contributed by atoms with van der Waals surface area (Å²) in [5, 5.41) is 8.80. The van der Waals surface area contributed by atoms with Gasteiger partial charge in [0.2, 0.25) is 10.0 Å². The van der Waals surface area contributed by atoms with Crippen LogP contribution in [-0.2, 0) is 21.2 Å². The Bertz CT molecular complexity index is 558. The van der Waals surface area contributed by atoms with Crippen LogP contribution in [0.1, 0.15) is 26.3 Å². The van der Waals surface area contributed by atoms with E-state index in [4.69, 9.17) is 5.11 Å². The molecule has 2 N–H and O–H groups in total. The zero-order chi connectivity index (χ0) is 14.7. The van der Waals surface area contributed by atoms with Gasteiger partial charge in [0.15, 0.2) is 0 Å². The predicted molar refractivity (Wildman–Crippen MR) is 74.6 cm³/mol. The Hall–Kier alpha value is -1.56. The SMILES string of the molecule is CC(C)(C)CS(=O)(=O)Nc1ccccc1CC(=O)O. The summed E-state index contributed by atoms with van der Waals surface area (Å²) in [6.07, 6.45) is -0.214. The molecular formula is C13H19NO4S. The molecule has 0 atom stereocenters. The molecule has 0 unspecified atom stereocenters. The summed E-state index contributed by atoms with van der Waals surface area (Å²) in [5.74, 6) is -1.02. The van der Waals surface area contributed by atoms with Crippen LogP contribution in [0.4, 0.5) is 5.69 Å². The van der Waals surface area contributed by atoms with Gasteiger partial charge >= 0.3 is 5.97 Å². The number of sulfonamides is 1. The maximum atomic E-state index is 12.0. The zero-order valence-corrected chi connectivity index (χ0v) is 12.1. The highest BCUT2D eigenvalue weighted by atomic mass is 32.2. The van der Waals surface area contributed by atoms with Crippen molar-refractivity contribution < 1.29 is 18.3 Å². The maximum absolute atomic E-state index is 12.0. The number of carboxylic acids is 1. The van der Waals surface area contributed by atoms with Gasteiger partial charge in [0.25, 0.3) is 0 Å². The lowest BCUT2D eigenvalue weighted by atomic mass is 10.0. The van der Waals surface area contributed by atoms with Crippen LogP contribution in [0.3, 0.4) is 0 Å². The molecule has 5 nitrogen and oxygen atoms in total. The van der Waals surface area contributed by atoms with Crippen LogP contribution >= 0.6 is 0 Å². The third kappa shape index (κ3) is 5.74. The van der Waals surface area contributed by atoms with Crippen LogP contribution in [0.15, 0.2) is 24.3 Å². The molecule has 0 aliphatic carbocycles. The molecule has 0 fully saturated rings. The summed E-state index contributed by atoms with van der Waals surface area (Å²) in [7, 11) is -3.49. The zero-order valence-electron chi connectivity index (χ0n) is 11.3. The standard InChI is InChI=1S/C13H19NO4S/c1-13(2,3)9-19(17,18)14-11-7-5-4-6-10(11)8-12(15)16/h4-7,14H,8-9H2,1-3H3,(H,15,16). The Morgan fingerprint density at radius 1 is 1.26 bits per heavy atom. The van der Waals surface area contributed by atoms with Gasteiger partial charge in [0.1, 0.15) is 0 Å². The quantitative estimate of drug-likeness (QED) is 0.867. The van der Waals surface area contributed by atoms with Gasteiger partial charge in [-0.3, -0.25) is 9.52 Å². The Morgan fingerprint density at radius 2 is 1.84 bits per heavy atom. The fourth-order valence-corrected chi connectivity index (χ4v) is 3.46. The first-order chi connectivity index (χ1) is 8.59. The number of rotatable bonds is 5. The number of carboxylic acid groups (broad SMARTS) is 1. The Morgan fingerprint density at radius 3 is 2.37 bits per heavy atom. The molecule has 1 aromatic carbocycles. The number of carbonyl (C=O) groups is 1. The summed E-state index contributed by atoms with van der Waals surface area (Å²) in [4.78, 5) is 10.7. The lowest BCUT2D eigenvalue weighted by Gasteiger charge is -2.19. The molecule has 0 saturated carbocycles. The van der Waals surface area contributed by atoms with Crippen LogP contribution < -0.4 is 4.72 Å². The monoisotopic (exact) mass is 285 g/mol. The molecule has 6 heteroatoms. The maximum Gasteiger partial charge on any atom is 0.307 e. The number of benzene rings is 1. The van der Waals surface area contributed by atoms with E-state index in [1.807, 2.05) is 20.8 Å².